The molecule has 1 aliphatic carbocycles. The lowest BCUT2D eigenvalue weighted by Crippen LogP contribution is -2.39. The molecule has 0 radical (unpaired) electrons. The first-order valence-corrected chi connectivity index (χ1v) is 9.04. The second-order valence-corrected chi connectivity index (χ2v) is 6.91. The van der Waals surface area contributed by atoms with E-state index in [1.807, 2.05) is 11.0 Å². The number of ether oxygens (including phenoxy) is 1. The molecule has 1 atom stereocenters. The van der Waals surface area contributed by atoms with E-state index in [0.29, 0.717) is 49.4 Å². The molecule has 1 aromatic rings. The third-order valence-corrected chi connectivity index (χ3v) is 5.27. The molecule has 25 heavy (non-hydrogen) atoms. The van der Waals surface area contributed by atoms with E-state index in [-0.39, 0.29) is 17.6 Å². The van der Waals surface area contributed by atoms with Crippen molar-refractivity contribution in [3.8, 4) is 6.07 Å². The van der Waals surface area contributed by atoms with E-state index < -0.39 is 12.5 Å². The average molecular weight is 369 g/mol. The summed E-state index contributed by atoms with van der Waals surface area (Å²) in [7, 11) is 0. The molecule has 4 nitrogen and oxygen atoms in total. The Kier molecular flexibility index (Phi) is 5.76. The van der Waals surface area contributed by atoms with Gasteiger partial charge in [0.1, 0.15) is 29.4 Å². The van der Waals surface area contributed by atoms with Gasteiger partial charge in [0.2, 0.25) is 0 Å². The van der Waals surface area contributed by atoms with Crippen LogP contribution in [-0.4, -0.2) is 29.1 Å². The highest BCUT2D eigenvalue weighted by Crippen LogP contribution is 2.34. The predicted molar refractivity (Wildman–Crippen MR) is 87.6 cm³/mol. The second kappa shape index (κ2) is 8.02. The zero-order valence-corrected chi connectivity index (χ0v) is 14.3. The molecule has 3 rings (SSSR count). The molecule has 2 aliphatic rings. The smallest absolute Gasteiger partial charge is 0.281 e. The van der Waals surface area contributed by atoms with Crippen molar-refractivity contribution in [1.82, 2.24) is 9.88 Å². The molecule has 2 heterocycles. The van der Waals surface area contributed by atoms with Gasteiger partial charge in [-0.3, -0.25) is 4.90 Å². The minimum absolute atomic E-state index is 0.0555. The van der Waals surface area contributed by atoms with E-state index in [9.17, 15) is 18.4 Å². The Balaban J connectivity index is 1.60. The number of rotatable bonds is 5. The number of hydrogen-bond donors (Lipinski definition) is 0. The van der Waals surface area contributed by atoms with Crippen molar-refractivity contribution >= 4 is 11.3 Å². The fraction of sp³-hybridized carbons (Fsp3) is 0.529. The first-order valence-electron chi connectivity index (χ1n) is 8.16. The minimum atomic E-state index is -2.68. The fourth-order valence-electron chi connectivity index (χ4n) is 3.10. The minimum Gasteiger partial charge on any atom is -0.491 e. The van der Waals surface area contributed by atoms with Crippen LogP contribution in [-0.2, 0) is 4.74 Å². The van der Waals surface area contributed by atoms with Crippen LogP contribution in [0.4, 0.5) is 13.2 Å². The SMILES string of the molecule is N#CC(c1scnc1C(F)F)N1CCC(OC2=CCCC(F)=C2)CC1. The molecule has 0 amide bonds. The number of aromatic nitrogens is 1. The van der Waals surface area contributed by atoms with Crippen LogP contribution in [0.25, 0.3) is 0 Å². The van der Waals surface area contributed by atoms with Crippen molar-refractivity contribution in [2.24, 2.45) is 0 Å². The normalized spacial score (nSPS) is 20.8. The molecule has 8 heteroatoms. The summed E-state index contributed by atoms with van der Waals surface area (Å²) in [6, 6.07) is 1.40. The van der Waals surface area contributed by atoms with Crippen LogP contribution < -0.4 is 0 Å². The molecule has 0 saturated carbocycles. The number of halogens is 3. The van der Waals surface area contributed by atoms with Gasteiger partial charge in [-0.2, -0.15) is 5.26 Å². The van der Waals surface area contributed by atoms with Crippen molar-refractivity contribution in [3.05, 3.63) is 39.8 Å². The van der Waals surface area contributed by atoms with Gasteiger partial charge < -0.3 is 4.74 Å². The molecule has 0 bridgehead atoms. The highest BCUT2D eigenvalue weighted by atomic mass is 32.1. The monoisotopic (exact) mass is 369 g/mol. The topological polar surface area (TPSA) is 49.2 Å². The van der Waals surface area contributed by atoms with Gasteiger partial charge in [0.05, 0.1) is 16.5 Å². The number of piperidine rings is 1. The predicted octanol–water partition coefficient (Wildman–Crippen LogP) is 4.66. The van der Waals surface area contributed by atoms with E-state index in [4.69, 9.17) is 4.74 Å². The quantitative estimate of drug-likeness (QED) is 0.758. The van der Waals surface area contributed by atoms with Crippen molar-refractivity contribution in [2.75, 3.05) is 13.1 Å². The number of alkyl halides is 2. The largest absolute Gasteiger partial charge is 0.491 e. The van der Waals surface area contributed by atoms with Gasteiger partial charge in [-0.1, -0.05) is 0 Å². The lowest BCUT2D eigenvalue weighted by atomic mass is 10.0. The molecule has 1 aliphatic heterocycles. The Hall–Kier alpha value is -1.85. The summed E-state index contributed by atoms with van der Waals surface area (Å²) < 4.78 is 45.2. The molecule has 1 aromatic heterocycles. The molecule has 0 N–H and O–H groups in total. The summed E-state index contributed by atoms with van der Waals surface area (Å²) in [6.45, 7) is 1.12. The van der Waals surface area contributed by atoms with E-state index in [1.165, 1.54) is 11.6 Å². The number of nitriles is 1. The van der Waals surface area contributed by atoms with Crippen LogP contribution in [0.2, 0.25) is 0 Å². The highest BCUT2D eigenvalue weighted by molar-refractivity contribution is 7.09. The van der Waals surface area contributed by atoms with Crippen LogP contribution in [0.5, 0.6) is 0 Å². The van der Waals surface area contributed by atoms with Crippen LogP contribution in [0.3, 0.4) is 0 Å². The van der Waals surface area contributed by atoms with Crippen LogP contribution >= 0.6 is 11.3 Å². The Bertz CT molecular complexity index is 702. The molecule has 0 spiro atoms. The maximum atomic E-state index is 13.3. The van der Waals surface area contributed by atoms with Crippen LogP contribution in [0.1, 0.15) is 48.7 Å². The first-order chi connectivity index (χ1) is 12.1. The van der Waals surface area contributed by atoms with E-state index in [1.54, 1.807) is 0 Å². The molecular weight excluding hydrogens is 351 g/mol. The van der Waals surface area contributed by atoms with Crippen molar-refractivity contribution in [1.29, 1.82) is 5.26 Å². The first kappa shape index (κ1) is 18.0. The summed E-state index contributed by atoms with van der Waals surface area (Å²) in [5.41, 5.74) is 1.05. The zero-order valence-electron chi connectivity index (χ0n) is 13.5. The van der Waals surface area contributed by atoms with Gasteiger partial charge in [-0.05, 0) is 25.3 Å². The lowest BCUT2D eigenvalue weighted by Gasteiger charge is -2.34. The second-order valence-electron chi connectivity index (χ2n) is 6.02. The molecule has 1 unspecified atom stereocenters. The maximum Gasteiger partial charge on any atom is 0.281 e. The standard InChI is InChI=1S/C17H18F3N3OS/c18-11-2-1-3-13(8-11)24-12-4-6-23(7-5-12)14(9-21)16-15(17(19)20)22-10-25-16/h3,8,10,12,14,17H,1-2,4-7H2. The number of thiazole rings is 1. The third kappa shape index (κ3) is 4.22. The van der Waals surface area contributed by atoms with E-state index in [0.717, 1.165) is 11.3 Å². The van der Waals surface area contributed by atoms with Gasteiger partial charge in [0, 0.05) is 25.6 Å². The van der Waals surface area contributed by atoms with Gasteiger partial charge in [-0.25, -0.2) is 18.2 Å². The zero-order chi connectivity index (χ0) is 17.8. The number of nitrogens with zero attached hydrogens (tertiary/aromatic N) is 3. The van der Waals surface area contributed by atoms with Crippen LogP contribution in [0, 0.1) is 11.3 Å². The Morgan fingerprint density at radius 2 is 2.12 bits per heavy atom. The Morgan fingerprint density at radius 3 is 2.76 bits per heavy atom. The molecule has 134 valence electrons. The average Bonchev–Trinajstić information content (AvgIpc) is 3.07. The van der Waals surface area contributed by atoms with Crippen molar-refractivity contribution < 1.29 is 17.9 Å². The summed E-state index contributed by atoms with van der Waals surface area (Å²) in [6.07, 6.45) is 2.92. The van der Waals surface area contributed by atoms with Crippen molar-refractivity contribution in [3.63, 3.8) is 0 Å². The summed E-state index contributed by atoms with van der Waals surface area (Å²) in [4.78, 5) is 5.89. The molecule has 1 saturated heterocycles. The molecular formula is C17H18F3N3OS. The number of allylic oxidation sites excluding steroid dienone is 3. The molecule has 0 aromatic carbocycles. The number of hydrogen-bond acceptors (Lipinski definition) is 5. The van der Waals surface area contributed by atoms with Gasteiger partial charge >= 0.3 is 0 Å². The van der Waals surface area contributed by atoms with Crippen LogP contribution in [0.15, 0.2) is 29.2 Å². The van der Waals surface area contributed by atoms with Gasteiger partial charge in [-0.15, -0.1) is 11.3 Å². The highest BCUT2D eigenvalue weighted by Gasteiger charge is 2.31. The lowest BCUT2D eigenvalue weighted by molar-refractivity contribution is 0.0461. The fourth-order valence-corrected chi connectivity index (χ4v) is 3.98. The summed E-state index contributed by atoms with van der Waals surface area (Å²) in [5.74, 6) is 0.380. The Labute approximate surface area is 148 Å². The summed E-state index contributed by atoms with van der Waals surface area (Å²) >= 11 is 1.09. The maximum absolute atomic E-state index is 13.3. The van der Waals surface area contributed by atoms with E-state index >= 15 is 0 Å². The summed E-state index contributed by atoms with van der Waals surface area (Å²) in [5, 5.41) is 9.46. The van der Waals surface area contributed by atoms with Gasteiger partial charge in [0.15, 0.2) is 0 Å². The van der Waals surface area contributed by atoms with Gasteiger partial charge in [0.25, 0.3) is 6.43 Å². The number of likely N-dealkylation sites (tertiary alicyclic amines) is 1. The molecule has 1 fully saturated rings. The third-order valence-electron chi connectivity index (χ3n) is 4.37. The van der Waals surface area contributed by atoms with Crippen molar-refractivity contribution in [2.45, 2.75) is 44.3 Å². The van der Waals surface area contributed by atoms with E-state index in [2.05, 4.69) is 11.1 Å². The Morgan fingerprint density at radius 1 is 1.36 bits per heavy atom.